The van der Waals surface area contributed by atoms with Gasteiger partial charge in [-0.25, -0.2) is 0 Å². The van der Waals surface area contributed by atoms with Gasteiger partial charge in [0.1, 0.15) is 0 Å². The van der Waals surface area contributed by atoms with Crippen molar-refractivity contribution in [3.63, 3.8) is 0 Å². The van der Waals surface area contributed by atoms with Crippen LogP contribution in [0.15, 0.2) is 12.1 Å². The van der Waals surface area contributed by atoms with E-state index in [9.17, 15) is 15.0 Å². The number of hydrogen-bond donors (Lipinski definition) is 2. The van der Waals surface area contributed by atoms with Crippen LogP contribution in [0.1, 0.15) is 43.2 Å². The summed E-state index contributed by atoms with van der Waals surface area (Å²) in [5.74, 6) is 1.39. The lowest BCUT2D eigenvalue weighted by atomic mass is 9.49. The summed E-state index contributed by atoms with van der Waals surface area (Å²) in [7, 11) is 0. The first kappa shape index (κ1) is 14.6. The highest BCUT2D eigenvalue weighted by Crippen LogP contribution is 2.64. The van der Waals surface area contributed by atoms with E-state index < -0.39 is 17.1 Å². The van der Waals surface area contributed by atoms with Crippen LogP contribution in [0.4, 0.5) is 0 Å². The zero-order valence-corrected chi connectivity index (χ0v) is 14.2. The number of ketones is 1. The topological polar surface area (TPSA) is 70.0 Å². The summed E-state index contributed by atoms with van der Waals surface area (Å²) >= 11 is 0. The Morgan fingerprint density at radius 2 is 2.12 bits per heavy atom. The van der Waals surface area contributed by atoms with Gasteiger partial charge in [0.05, 0.1) is 11.0 Å². The minimum atomic E-state index is -0.940. The van der Waals surface area contributed by atoms with E-state index >= 15 is 0 Å². The van der Waals surface area contributed by atoms with Crippen LogP contribution < -0.4 is 4.74 Å². The molecule has 2 heterocycles. The number of likely N-dealkylation sites (tertiary alicyclic amines) is 1. The summed E-state index contributed by atoms with van der Waals surface area (Å²) in [5, 5.41) is 22.3. The fraction of sp³-hybridized carbons (Fsp3) is 0.650. The molecule has 3 fully saturated rings. The molecule has 1 spiro atoms. The van der Waals surface area contributed by atoms with Crippen LogP contribution in [0.5, 0.6) is 11.5 Å². The van der Waals surface area contributed by atoms with Gasteiger partial charge < -0.3 is 14.9 Å². The van der Waals surface area contributed by atoms with Crippen LogP contribution in [0.3, 0.4) is 0 Å². The maximum Gasteiger partial charge on any atom is 0.174 e. The maximum atomic E-state index is 12.7. The van der Waals surface area contributed by atoms with E-state index in [1.165, 1.54) is 12.8 Å². The van der Waals surface area contributed by atoms with E-state index in [4.69, 9.17) is 4.74 Å². The molecule has 5 heteroatoms. The number of piperidine rings is 1. The number of aliphatic hydroxyl groups is 1. The molecule has 4 atom stereocenters. The fourth-order valence-electron chi connectivity index (χ4n) is 6.26. The monoisotopic (exact) mass is 341 g/mol. The highest BCUT2D eigenvalue weighted by molar-refractivity contribution is 5.90. The van der Waals surface area contributed by atoms with Gasteiger partial charge in [-0.15, -0.1) is 0 Å². The number of nitrogens with zero attached hydrogens (tertiary/aromatic N) is 1. The van der Waals surface area contributed by atoms with E-state index in [0.717, 1.165) is 43.0 Å². The van der Waals surface area contributed by atoms with Gasteiger partial charge in [-0.2, -0.15) is 0 Å². The molecule has 1 saturated heterocycles. The van der Waals surface area contributed by atoms with Gasteiger partial charge in [-0.3, -0.25) is 9.69 Å². The van der Waals surface area contributed by atoms with Crippen LogP contribution in [0, 0.1) is 5.92 Å². The average molecular weight is 341 g/mol. The fourth-order valence-corrected chi connectivity index (χ4v) is 6.26. The highest BCUT2D eigenvalue weighted by atomic mass is 16.5. The third kappa shape index (κ3) is 1.56. The molecule has 3 aliphatic carbocycles. The summed E-state index contributed by atoms with van der Waals surface area (Å²) in [5.41, 5.74) is 0.454. The number of ether oxygens (including phenoxy) is 1. The Morgan fingerprint density at radius 1 is 1.28 bits per heavy atom. The zero-order chi connectivity index (χ0) is 17.0. The molecular formula is C20H23NO4. The molecular weight excluding hydrogens is 318 g/mol. The molecule has 2 bridgehead atoms. The van der Waals surface area contributed by atoms with Crippen molar-refractivity contribution in [2.45, 2.75) is 61.7 Å². The van der Waals surface area contributed by atoms with Gasteiger partial charge in [0, 0.05) is 24.6 Å². The second kappa shape index (κ2) is 4.38. The second-order valence-electron chi connectivity index (χ2n) is 8.72. The van der Waals surface area contributed by atoms with Crippen molar-refractivity contribution < 1.29 is 19.7 Å². The van der Waals surface area contributed by atoms with Crippen molar-refractivity contribution >= 4 is 5.78 Å². The normalized spacial score (nSPS) is 41.4. The largest absolute Gasteiger partial charge is 0.504 e. The van der Waals surface area contributed by atoms with E-state index in [0.29, 0.717) is 18.6 Å². The molecule has 1 aromatic rings. The molecule has 0 amide bonds. The average Bonchev–Trinajstić information content (AvgIpc) is 3.32. The predicted molar refractivity (Wildman–Crippen MR) is 89.8 cm³/mol. The molecule has 132 valence electrons. The van der Waals surface area contributed by atoms with E-state index in [1.807, 2.05) is 6.07 Å². The lowest BCUT2D eigenvalue weighted by molar-refractivity contribution is -0.188. The smallest absolute Gasteiger partial charge is 0.174 e. The summed E-state index contributed by atoms with van der Waals surface area (Å²) in [4.78, 5) is 15.2. The van der Waals surface area contributed by atoms with E-state index in [-0.39, 0.29) is 17.6 Å². The van der Waals surface area contributed by atoms with Crippen molar-refractivity contribution in [3.05, 3.63) is 23.3 Å². The highest BCUT2D eigenvalue weighted by Gasteiger charge is 2.73. The second-order valence-corrected chi connectivity index (χ2v) is 8.72. The number of benzene rings is 1. The number of carbonyl (C=O) groups is 1. The van der Waals surface area contributed by atoms with Gasteiger partial charge in [0.15, 0.2) is 23.4 Å². The van der Waals surface area contributed by atoms with Crippen LogP contribution in [0.25, 0.3) is 0 Å². The minimum absolute atomic E-state index is 0.0454. The standard InChI is InChI=1S/C20H23NO4/c22-13-4-3-12-9-15-20(24)6-5-14(23)18-19(20,16(12)17(13)25-18)7-8-21(15)10-11-1-2-11/h3-4,11,15,18,22,24H,1-2,5-10H2/t15-,18-,19?,20+/m0/s1. The first-order valence-electron chi connectivity index (χ1n) is 9.56. The first-order chi connectivity index (χ1) is 12.0. The van der Waals surface area contributed by atoms with Gasteiger partial charge in [-0.05, 0) is 56.2 Å². The lowest BCUT2D eigenvalue weighted by Gasteiger charge is -2.62. The molecule has 0 radical (unpaired) electrons. The molecule has 5 aliphatic rings. The van der Waals surface area contributed by atoms with Crippen LogP contribution >= 0.6 is 0 Å². The van der Waals surface area contributed by atoms with Crippen LogP contribution in [0.2, 0.25) is 0 Å². The first-order valence-corrected chi connectivity index (χ1v) is 9.56. The Bertz CT molecular complexity index is 803. The maximum absolute atomic E-state index is 12.7. The minimum Gasteiger partial charge on any atom is -0.504 e. The summed E-state index contributed by atoms with van der Waals surface area (Å²) < 4.78 is 6.04. The quantitative estimate of drug-likeness (QED) is 0.854. The van der Waals surface area contributed by atoms with Gasteiger partial charge in [-0.1, -0.05) is 6.07 Å². The molecule has 1 aromatic carbocycles. The van der Waals surface area contributed by atoms with Crippen molar-refractivity contribution in [2.75, 3.05) is 13.1 Å². The summed E-state index contributed by atoms with van der Waals surface area (Å²) in [6.07, 6.45) is 4.33. The van der Waals surface area contributed by atoms with Gasteiger partial charge >= 0.3 is 0 Å². The van der Waals surface area contributed by atoms with Crippen LogP contribution in [-0.2, 0) is 16.6 Å². The molecule has 5 nitrogen and oxygen atoms in total. The van der Waals surface area contributed by atoms with Gasteiger partial charge in [0.25, 0.3) is 0 Å². The Labute approximate surface area is 146 Å². The lowest BCUT2D eigenvalue weighted by Crippen LogP contribution is -2.76. The van der Waals surface area contributed by atoms with Crippen molar-refractivity contribution in [2.24, 2.45) is 5.92 Å². The van der Waals surface area contributed by atoms with Gasteiger partial charge in [0.2, 0.25) is 0 Å². The van der Waals surface area contributed by atoms with Crippen molar-refractivity contribution in [3.8, 4) is 11.5 Å². The third-order valence-electron chi connectivity index (χ3n) is 7.56. The van der Waals surface area contributed by atoms with E-state index in [2.05, 4.69) is 4.90 Å². The Morgan fingerprint density at radius 3 is 2.92 bits per heavy atom. The molecule has 6 rings (SSSR count). The summed E-state index contributed by atoms with van der Waals surface area (Å²) in [6.45, 7) is 1.95. The number of rotatable bonds is 2. The summed E-state index contributed by atoms with van der Waals surface area (Å²) in [6, 6.07) is 3.69. The molecule has 1 unspecified atom stereocenters. The number of carbonyl (C=O) groups excluding carboxylic acids is 1. The molecule has 25 heavy (non-hydrogen) atoms. The number of phenolic OH excluding ortho intramolecular Hbond substituents is 1. The van der Waals surface area contributed by atoms with E-state index in [1.54, 1.807) is 6.07 Å². The number of aromatic hydroxyl groups is 1. The Balaban J connectivity index is 1.58. The third-order valence-corrected chi connectivity index (χ3v) is 7.56. The molecule has 0 aromatic heterocycles. The zero-order valence-electron chi connectivity index (χ0n) is 14.2. The molecule has 2 aliphatic heterocycles. The predicted octanol–water partition coefficient (Wildman–Crippen LogP) is 1.53. The number of Topliss-reactive ketones (excluding diaryl/α,β-unsaturated/α-hetero) is 1. The van der Waals surface area contributed by atoms with Crippen molar-refractivity contribution in [1.29, 1.82) is 0 Å². The number of hydrogen-bond acceptors (Lipinski definition) is 5. The number of phenols is 1. The van der Waals surface area contributed by atoms with Crippen LogP contribution in [-0.4, -0.2) is 51.7 Å². The van der Waals surface area contributed by atoms with Crippen molar-refractivity contribution in [1.82, 2.24) is 4.90 Å². The molecule has 2 saturated carbocycles. The SMILES string of the molecule is O=C1CC[C@@]2(O)[C@@H]3Cc4ccc(O)c5c4C2(CCN3CC2CC2)[C@H]1O5. The molecule has 2 N–H and O–H groups in total. The Hall–Kier alpha value is -1.59. The Kier molecular flexibility index (Phi) is 2.55.